The molecule has 2 nitrogen and oxygen atoms in total. The molecule has 2 aromatic carbocycles. The number of unbranched alkanes of at least 4 members (excludes halogenated alkanes) is 1. The molecule has 0 saturated heterocycles. The standard InChI is InChI=1S/C23H29NO/c1-16(2)6-3-4-14-24-15-13-19-18-10-9-17-7-5-8-22(25)23(17)20(18)11-12-21(19)24/h9-12,16H,3-8,13-15H2,1-2H3. The highest BCUT2D eigenvalue weighted by atomic mass is 16.1. The van der Waals surface area contributed by atoms with Gasteiger partial charge in [0.1, 0.15) is 0 Å². The molecule has 0 fully saturated rings. The fourth-order valence-corrected chi connectivity index (χ4v) is 4.62. The fourth-order valence-electron chi connectivity index (χ4n) is 4.62. The van der Waals surface area contributed by atoms with Gasteiger partial charge in [0.05, 0.1) is 0 Å². The number of rotatable bonds is 5. The van der Waals surface area contributed by atoms with Gasteiger partial charge in [0.2, 0.25) is 0 Å². The summed E-state index contributed by atoms with van der Waals surface area (Å²) in [4.78, 5) is 15.0. The molecule has 0 radical (unpaired) electrons. The fraction of sp³-hybridized carbons (Fsp3) is 0.522. The van der Waals surface area contributed by atoms with Crippen LogP contribution in [-0.2, 0) is 12.8 Å². The van der Waals surface area contributed by atoms with E-state index >= 15 is 0 Å². The third kappa shape index (κ3) is 3.07. The van der Waals surface area contributed by atoms with Crippen molar-refractivity contribution >= 4 is 22.2 Å². The van der Waals surface area contributed by atoms with Crippen molar-refractivity contribution in [3.05, 3.63) is 41.0 Å². The number of carbonyl (C=O) groups is 1. The summed E-state index contributed by atoms with van der Waals surface area (Å²) < 4.78 is 0. The van der Waals surface area contributed by atoms with Crippen LogP contribution < -0.4 is 4.90 Å². The summed E-state index contributed by atoms with van der Waals surface area (Å²) in [5.41, 5.74) is 5.14. The Labute approximate surface area is 151 Å². The van der Waals surface area contributed by atoms with E-state index in [0.29, 0.717) is 12.2 Å². The van der Waals surface area contributed by atoms with Crippen LogP contribution in [-0.4, -0.2) is 18.9 Å². The molecule has 0 atom stereocenters. The third-order valence-electron chi connectivity index (χ3n) is 5.93. The Hall–Kier alpha value is -1.83. The molecule has 2 aromatic rings. The Morgan fingerprint density at radius 3 is 2.68 bits per heavy atom. The summed E-state index contributed by atoms with van der Waals surface area (Å²) in [7, 11) is 0. The van der Waals surface area contributed by atoms with Gasteiger partial charge in [-0.15, -0.1) is 0 Å². The zero-order valence-electron chi connectivity index (χ0n) is 15.6. The van der Waals surface area contributed by atoms with E-state index in [0.717, 1.165) is 43.8 Å². The molecule has 132 valence electrons. The highest BCUT2D eigenvalue weighted by molar-refractivity contribution is 6.11. The molecular formula is C23H29NO. The normalized spacial score (nSPS) is 16.6. The predicted molar refractivity (Wildman–Crippen MR) is 106 cm³/mol. The SMILES string of the molecule is CC(C)CCCCN1CCc2c1ccc1c3c(ccc21)CCCC3=O. The van der Waals surface area contributed by atoms with Crippen LogP contribution in [0.15, 0.2) is 24.3 Å². The van der Waals surface area contributed by atoms with Gasteiger partial charge in [0, 0.05) is 30.8 Å². The molecule has 4 rings (SSSR count). The van der Waals surface area contributed by atoms with Gasteiger partial charge < -0.3 is 4.90 Å². The first kappa shape index (κ1) is 16.6. The molecule has 0 unspecified atom stereocenters. The van der Waals surface area contributed by atoms with E-state index in [1.54, 1.807) is 0 Å². The van der Waals surface area contributed by atoms with Gasteiger partial charge >= 0.3 is 0 Å². The number of hydrogen-bond acceptors (Lipinski definition) is 2. The minimum absolute atomic E-state index is 0.343. The average Bonchev–Trinajstić information content (AvgIpc) is 3.01. The first-order valence-electron chi connectivity index (χ1n) is 10.0. The number of nitrogens with zero attached hydrogens (tertiary/aromatic N) is 1. The lowest BCUT2D eigenvalue weighted by Crippen LogP contribution is -2.21. The molecular weight excluding hydrogens is 306 g/mol. The van der Waals surface area contributed by atoms with E-state index in [4.69, 9.17) is 0 Å². The molecule has 0 bridgehead atoms. The summed E-state index contributed by atoms with van der Waals surface area (Å²) in [6.45, 7) is 6.90. The Morgan fingerprint density at radius 2 is 1.84 bits per heavy atom. The zero-order valence-corrected chi connectivity index (χ0v) is 15.6. The second-order valence-corrected chi connectivity index (χ2v) is 8.16. The lowest BCUT2D eigenvalue weighted by molar-refractivity contribution is 0.0974. The van der Waals surface area contributed by atoms with Crippen molar-refractivity contribution in [2.75, 3.05) is 18.0 Å². The predicted octanol–water partition coefficient (Wildman–Crippen LogP) is 5.55. The molecule has 0 saturated carbocycles. The van der Waals surface area contributed by atoms with Crippen LogP contribution in [0.3, 0.4) is 0 Å². The molecule has 1 aliphatic carbocycles. The smallest absolute Gasteiger partial charge is 0.163 e. The van der Waals surface area contributed by atoms with Crippen molar-refractivity contribution in [2.45, 2.75) is 58.8 Å². The van der Waals surface area contributed by atoms with Crippen molar-refractivity contribution in [1.29, 1.82) is 0 Å². The van der Waals surface area contributed by atoms with E-state index < -0.39 is 0 Å². The lowest BCUT2D eigenvalue weighted by Gasteiger charge is -2.21. The van der Waals surface area contributed by atoms with Crippen molar-refractivity contribution in [1.82, 2.24) is 0 Å². The summed E-state index contributed by atoms with van der Waals surface area (Å²) >= 11 is 0. The molecule has 1 heterocycles. The second kappa shape index (κ2) is 6.82. The number of Topliss-reactive ketones (excluding diaryl/α,β-unsaturated/α-hetero) is 1. The van der Waals surface area contributed by atoms with Crippen molar-refractivity contribution in [3.63, 3.8) is 0 Å². The molecule has 2 aliphatic rings. The average molecular weight is 335 g/mol. The minimum Gasteiger partial charge on any atom is -0.371 e. The van der Waals surface area contributed by atoms with Crippen LogP contribution >= 0.6 is 0 Å². The molecule has 0 amide bonds. The van der Waals surface area contributed by atoms with Gasteiger partial charge in [-0.2, -0.15) is 0 Å². The van der Waals surface area contributed by atoms with Gasteiger partial charge in [-0.25, -0.2) is 0 Å². The van der Waals surface area contributed by atoms with Crippen molar-refractivity contribution in [2.24, 2.45) is 5.92 Å². The van der Waals surface area contributed by atoms with Gasteiger partial charge in [0.15, 0.2) is 5.78 Å². The van der Waals surface area contributed by atoms with Crippen LogP contribution in [0, 0.1) is 5.92 Å². The van der Waals surface area contributed by atoms with Gasteiger partial charge in [-0.3, -0.25) is 4.79 Å². The first-order chi connectivity index (χ1) is 12.1. The summed E-state index contributed by atoms with van der Waals surface area (Å²) in [5.74, 6) is 1.15. The number of benzene rings is 2. The Morgan fingerprint density at radius 1 is 1.00 bits per heavy atom. The van der Waals surface area contributed by atoms with Crippen LogP contribution in [0.25, 0.3) is 10.8 Å². The summed E-state index contributed by atoms with van der Waals surface area (Å²) in [6.07, 6.45) is 7.81. The molecule has 25 heavy (non-hydrogen) atoms. The quantitative estimate of drug-likeness (QED) is 0.668. The highest BCUT2D eigenvalue weighted by Gasteiger charge is 2.25. The van der Waals surface area contributed by atoms with E-state index in [1.807, 2.05) is 0 Å². The van der Waals surface area contributed by atoms with Crippen LogP contribution in [0.5, 0.6) is 0 Å². The van der Waals surface area contributed by atoms with Crippen LogP contribution in [0.1, 0.15) is 67.4 Å². The van der Waals surface area contributed by atoms with Crippen molar-refractivity contribution in [3.8, 4) is 0 Å². The number of carbonyl (C=O) groups excluding carboxylic acids is 1. The number of aryl methyl sites for hydroxylation is 1. The van der Waals surface area contributed by atoms with E-state index in [-0.39, 0.29) is 0 Å². The summed E-state index contributed by atoms with van der Waals surface area (Å²) in [5, 5.41) is 2.51. The molecule has 0 N–H and O–H groups in total. The zero-order chi connectivity index (χ0) is 17.4. The van der Waals surface area contributed by atoms with Gasteiger partial charge in [-0.05, 0) is 59.6 Å². The third-order valence-corrected chi connectivity index (χ3v) is 5.93. The Kier molecular flexibility index (Phi) is 4.54. The Bertz CT molecular complexity index is 805. The lowest BCUT2D eigenvalue weighted by atomic mass is 9.85. The van der Waals surface area contributed by atoms with Crippen molar-refractivity contribution < 1.29 is 4.79 Å². The first-order valence-corrected chi connectivity index (χ1v) is 10.0. The number of anilines is 1. The monoisotopic (exact) mass is 335 g/mol. The van der Waals surface area contributed by atoms with E-state index in [2.05, 4.69) is 43.0 Å². The van der Waals surface area contributed by atoms with Gasteiger partial charge in [-0.1, -0.05) is 44.9 Å². The van der Waals surface area contributed by atoms with Gasteiger partial charge in [0.25, 0.3) is 0 Å². The topological polar surface area (TPSA) is 20.3 Å². The van der Waals surface area contributed by atoms with Crippen LogP contribution in [0.2, 0.25) is 0 Å². The molecule has 2 heteroatoms. The summed E-state index contributed by atoms with van der Waals surface area (Å²) in [6, 6.07) is 8.96. The number of hydrogen-bond donors (Lipinski definition) is 0. The second-order valence-electron chi connectivity index (χ2n) is 8.16. The maximum atomic E-state index is 12.5. The maximum Gasteiger partial charge on any atom is 0.163 e. The maximum absolute atomic E-state index is 12.5. The van der Waals surface area contributed by atoms with E-state index in [9.17, 15) is 4.79 Å². The molecule has 1 aliphatic heterocycles. The minimum atomic E-state index is 0.343. The molecule has 0 aromatic heterocycles. The largest absolute Gasteiger partial charge is 0.371 e. The van der Waals surface area contributed by atoms with Crippen LogP contribution in [0.4, 0.5) is 5.69 Å². The Balaban J connectivity index is 1.62. The number of ketones is 1. The molecule has 0 spiro atoms. The highest BCUT2D eigenvalue weighted by Crippen LogP contribution is 2.38. The number of fused-ring (bicyclic) bond motifs is 5. The van der Waals surface area contributed by atoms with E-state index in [1.165, 1.54) is 46.8 Å².